The maximum atomic E-state index is 14.3. The molecule has 3 aromatic rings. The topological polar surface area (TPSA) is 59.4 Å². The van der Waals surface area contributed by atoms with Crippen LogP contribution in [-0.4, -0.2) is 40.1 Å². The van der Waals surface area contributed by atoms with E-state index in [0.717, 1.165) is 29.6 Å². The fraction of sp³-hybridized carbons (Fsp3) is 0.333. The van der Waals surface area contributed by atoms with Crippen LogP contribution in [0.1, 0.15) is 37.1 Å². The fourth-order valence-electron chi connectivity index (χ4n) is 4.16. The lowest BCUT2D eigenvalue weighted by Gasteiger charge is -2.37. The number of anilines is 1. The molecule has 32 heavy (non-hydrogen) atoms. The highest BCUT2D eigenvalue weighted by atomic mass is 19.1. The molecule has 0 aliphatic carbocycles. The minimum absolute atomic E-state index is 0.110. The summed E-state index contributed by atoms with van der Waals surface area (Å²) in [5, 5.41) is 3.30. The zero-order valence-electron chi connectivity index (χ0n) is 18.3. The van der Waals surface area contributed by atoms with Crippen molar-refractivity contribution in [3.63, 3.8) is 0 Å². The predicted molar refractivity (Wildman–Crippen MR) is 118 cm³/mol. The minimum atomic E-state index is -0.643. The third-order valence-electron chi connectivity index (χ3n) is 5.86. The van der Waals surface area contributed by atoms with E-state index in [9.17, 15) is 13.6 Å². The van der Waals surface area contributed by atoms with Gasteiger partial charge < -0.3 is 19.5 Å². The van der Waals surface area contributed by atoms with Gasteiger partial charge >= 0.3 is 0 Å². The number of nitrogens with zero attached hydrogens (tertiary/aromatic N) is 3. The first-order valence-corrected chi connectivity index (χ1v) is 10.6. The Balaban J connectivity index is 1.52. The van der Waals surface area contributed by atoms with E-state index in [0.29, 0.717) is 24.3 Å². The number of aromatic nitrogens is 2. The third kappa shape index (κ3) is 4.30. The number of amides is 1. The Labute approximate surface area is 185 Å². The number of rotatable bonds is 6. The molecule has 2 unspecified atom stereocenters. The number of ether oxygens (including phenoxy) is 1. The number of likely N-dealkylation sites (tertiary alicyclic amines) is 1. The van der Waals surface area contributed by atoms with E-state index >= 15 is 0 Å². The van der Waals surface area contributed by atoms with Gasteiger partial charge in [0, 0.05) is 36.1 Å². The summed E-state index contributed by atoms with van der Waals surface area (Å²) in [5.41, 5.74) is 2.80. The molecule has 1 N–H and O–H groups in total. The molecule has 0 saturated carbocycles. The quantitative estimate of drug-likeness (QED) is 0.607. The molecule has 1 saturated heterocycles. The standard InChI is InChI=1S/C24H26F2N4O2/c1-15-13-29(14-27-15)22-9-7-18(12-23(22)32-3)28-21-5-4-10-30(24(21)31)16(2)19-8-6-17(25)11-20(19)26/h6-9,11-14,16,21,28H,4-5,10H2,1-3H3. The van der Waals surface area contributed by atoms with Crippen LogP contribution in [-0.2, 0) is 4.79 Å². The summed E-state index contributed by atoms with van der Waals surface area (Å²) in [6.07, 6.45) is 5.07. The minimum Gasteiger partial charge on any atom is -0.494 e. The molecule has 168 valence electrons. The van der Waals surface area contributed by atoms with Gasteiger partial charge in [-0.2, -0.15) is 0 Å². The number of piperidine rings is 1. The molecule has 2 aromatic carbocycles. The summed E-state index contributed by atoms with van der Waals surface area (Å²) in [4.78, 5) is 19.1. The van der Waals surface area contributed by atoms with Crippen molar-refractivity contribution < 1.29 is 18.3 Å². The molecule has 2 atom stereocenters. The average Bonchev–Trinajstić information content (AvgIpc) is 3.20. The molecule has 6 nitrogen and oxygen atoms in total. The first-order valence-electron chi connectivity index (χ1n) is 10.6. The van der Waals surface area contributed by atoms with Crippen molar-refractivity contribution in [3.05, 3.63) is 71.8 Å². The zero-order valence-corrected chi connectivity index (χ0v) is 18.3. The second-order valence-electron chi connectivity index (χ2n) is 8.02. The molecule has 8 heteroatoms. The van der Waals surface area contributed by atoms with Crippen molar-refractivity contribution >= 4 is 11.6 Å². The fourth-order valence-corrected chi connectivity index (χ4v) is 4.16. The van der Waals surface area contributed by atoms with Gasteiger partial charge in [-0.3, -0.25) is 4.79 Å². The lowest BCUT2D eigenvalue weighted by atomic mass is 9.99. The normalized spacial score (nSPS) is 17.3. The van der Waals surface area contributed by atoms with E-state index in [2.05, 4.69) is 10.3 Å². The maximum absolute atomic E-state index is 14.3. The van der Waals surface area contributed by atoms with E-state index in [1.165, 1.54) is 12.1 Å². The van der Waals surface area contributed by atoms with Crippen LogP contribution in [0, 0.1) is 18.6 Å². The summed E-state index contributed by atoms with van der Waals surface area (Å²) in [6, 6.07) is 8.18. The van der Waals surface area contributed by atoms with Crippen LogP contribution in [0.15, 0.2) is 48.9 Å². The highest BCUT2D eigenvalue weighted by molar-refractivity contribution is 5.86. The van der Waals surface area contributed by atoms with Crippen LogP contribution in [0.4, 0.5) is 14.5 Å². The monoisotopic (exact) mass is 440 g/mol. The van der Waals surface area contributed by atoms with E-state index in [-0.39, 0.29) is 5.91 Å². The molecule has 4 rings (SSSR count). The number of hydrogen-bond acceptors (Lipinski definition) is 4. The summed E-state index contributed by atoms with van der Waals surface area (Å²) in [7, 11) is 1.60. The Kier molecular flexibility index (Phi) is 6.12. The summed E-state index contributed by atoms with van der Waals surface area (Å²) in [6.45, 7) is 4.21. The van der Waals surface area contributed by atoms with Gasteiger partial charge in [-0.15, -0.1) is 0 Å². The largest absolute Gasteiger partial charge is 0.494 e. The van der Waals surface area contributed by atoms with Crippen LogP contribution >= 0.6 is 0 Å². The van der Waals surface area contributed by atoms with Gasteiger partial charge in [0.25, 0.3) is 0 Å². The molecular formula is C24H26F2N4O2. The Morgan fingerprint density at radius 3 is 2.72 bits per heavy atom. The Morgan fingerprint density at radius 1 is 1.22 bits per heavy atom. The number of benzene rings is 2. The van der Waals surface area contributed by atoms with E-state index < -0.39 is 23.7 Å². The van der Waals surface area contributed by atoms with Crippen LogP contribution in [0.2, 0.25) is 0 Å². The molecule has 1 amide bonds. The second-order valence-corrected chi connectivity index (χ2v) is 8.02. The Bertz CT molecular complexity index is 1130. The summed E-state index contributed by atoms with van der Waals surface area (Å²) in [5.74, 6) is -0.739. The van der Waals surface area contributed by atoms with Crippen molar-refractivity contribution in [2.24, 2.45) is 0 Å². The van der Waals surface area contributed by atoms with Crippen molar-refractivity contribution in [2.45, 2.75) is 38.8 Å². The summed E-state index contributed by atoms with van der Waals surface area (Å²) >= 11 is 0. The SMILES string of the molecule is COc1cc(NC2CCCN(C(C)c3ccc(F)cc3F)C2=O)ccc1-n1cnc(C)c1. The average molecular weight is 440 g/mol. The maximum Gasteiger partial charge on any atom is 0.245 e. The number of hydrogen-bond donors (Lipinski definition) is 1. The van der Waals surface area contributed by atoms with Crippen LogP contribution in [0.3, 0.4) is 0 Å². The van der Waals surface area contributed by atoms with Crippen LogP contribution in [0.25, 0.3) is 5.69 Å². The highest BCUT2D eigenvalue weighted by Gasteiger charge is 2.33. The van der Waals surface area contributed by atoms with Crippen molar-refractivity contribution in [2.75, 3.05) is 19.0 Å². The second kappa shape index (κ2) is 8.98. The molecule has 1 fully saturated rings. The molecule has 1 aromatic heterocycles. The molecule has 2 heterocycles. The van der Waals surface area contributed by atoms with Crippen molar-refractivity contribution in [1.29, 1.82) is 0 Å². The zero-order chi connectivity index (χ0) is 22.8. The number of nitrogens with one attached hydrogen (secondary N) is 1. The Hall–Kier alpha value is -3.42. The first kappa shape index (κ1) is 21.8. The van der Waals surface area contributed by atoms with Gasteiger partial charge in [0.1, 0.15) is 23.4 Å². The highest BCUT2D eigenvalue weighted by Crippen LogP contribution is 2.31. The van der Waals surface area contributed by atoms with Gasteiger partial charge in [0.05, 0.1) is 30.9 Å². The third-order valence-corrected chi connectivity index (χ3v) is 5.86. The van der Waals surface area contributed by atoms with Gasteiger partial charge in [0.2, 0.25) is 5.91 Å². The van der Waals surface area contributed by atoms with Crippen LogP contribution in [0.5, 0.6) is 5.75 Å². The number of halogens is 2. The van der Waals surface area contributed by atoms with E-state index in [1.807, 2.05) is 35.9 Å². The smallest absolute Gasteiger partial charge is 0.245 e. The van der Waals surface area contributed by atoms with Crippen LogP contribution < -0.4 is 10.1 Å². The number of imidazole rings is 1. The Morgan fingerprint density at radius 2 is 2.03 bits per heavy atom. The molecule has 1 aliphatic rings. The molecule has 0 spiro atoms. The van der Waals surface area contributed by atoms with Gasteiger partial charge in [-0.1, -0.05) is 6.07 Å². The lowest BCUT2D eigenvalue weighted by molar-refractivity contribution is -0.136. The van der Waals surface area contributed by atoms with E-state index in [4.69, 9.17) is 4.74 Å². The number of aryl methyl sites for hydroxylation is 1. The number of carbonyl (C=O) groups excluding carboxylic acids is 1. The molecule has 1 aliphatic heterocycles. The lowest BCUT2D eigenvalue weighted by Crippen LogP contribution is -2.48. The molecule has 0 radical (unpaired) electrons. The number of carbonyl (C=O) groups is 1. The van der Waals surface area contributed by atoms with Gasteiger partial charge in [-0.25, -0.2) is 13.8 Å². The number of methoxy groups -OCH3 is 1. The first-order chi connectivity index (χ1) is 15.4. The van der Waals surface area contributed by atoms with Gasteiger partial charge in [-0.05, 0) is 44.9 Å². The predicted octanol–water partition coefficient (Wildman–Crippen LogP) is 4.63. The van der Waals surface area contributed by atoms with E-state index in [1.54, 1.807) is 25.3 Å². The molecule has 0 bridgehead atoms. The molecular weight excluding hydrogens is 414 g/mol. The van der Waals surface area contributed by atoms with Gasteiger partial charge in [0.15, 0.2) is 0 Å². The van der Waals surface area contributed by atoms with Crippen molar-refractivity contribution in [1.82, 2.24) is 14.5 Å². The summed E-state index contributed by atoms with van der Waals surface area (Å²) < 4.78 is 35.0. The van der Waals surface area contributed by atoms with Crippen molar-refractivity contribution in [3.8, 4) is 11.4 Å².